The predicted molar refractivity (Wildman–Crippen MR) is 126 cm³/mol. The fourth-order valence-corrected chi connectivity index (χ4v) is 2.81. The van der Waals surface area contributed by atoms with Crippen molar-refractivity contribution in [2.75, 3.05) is 13.2 Å². The van der Waals surface area contributed by atoms with Crippen LogP contribution in [-0.4, -0.2) is 60.6 Å². The van der Waals surface area contributed by atoms with Crippen LogP contribution in [-0.2, 0) is 30.2 Å². The van der Waals surface area contributed by atoms with E-state index in [-0.39, 0.29) is 36.2 Å². The maximum absolute atomic E-state index is 12.5. The molecule has 2 atom stereocenters. The number of rotatable bonds is 12. The summed E-state index contributed by atoms with van der Waals surface area (Å²) in [5, 5.41) is 12.8. The van der Waals surface area contributed by atoms with E-state index in [0.717, 1.165) is 0 Å². The molecule has 1 unspecified atom stereocenters. The smallest absolute Gasteiger partial charge is 0.477 e. The number of hydrogen-bond acceptors (Lipinski definition) is 11. The van der Waals surface area contributed by atoms with Gasteiger partial charge in [-0.15, -0.1) is 0 Å². The summed E-state index contributed by atoms with van der Waals surface area (Å²) in [5.74, 6) is -1.91. The minimum Gasteiger partial charge on any atom is -0.477 e. The SMILES string of the molecule is CCOC(=O)Oc1ccc(C[C@](NC(C)C)(OC(=O)OC(C)C(C)C)C(=O)O)cc1OC(=O)OCC. The molecule has 0 aliphatic carbocycles. The Bertz CT molecular complexity index is 915. The normalized spacial score (nSPS) is 13.4. The van der Waals surface area contributed by atoms with Crippen molar-refractivity contribution in [2.24, 2.45) is 5.92 Å². The molecule has 0 radical (unpaired) electrons. The highest BCUT2D eigenvalue weighted by Crippen LogP contribution is 2.31. The minimum absolute atomic E-state index is 0.0237. The zero-order valence-electron chi connectivity index (χ0n) is 21.6. The van der Waals surface area contributed by atoms with E-state index < -0.39 is 48.7 Å². The van der Waals surface area contributed by atoms with Crippen LogP contribution in [0, 0.1) is 5.92 Å². The van der Waals surface area contributed by atoms with Crippen LogP contribution in [0.2, 0.25) is 0 Å². The topological polar surface area (TPSA) is 156 Å². The highest BCUT2D eigenvalue weighted by molar-refractivity contribution is 5.80. The standard InChI is InChI=1S/C24H35NO11/c1-8-31-21(28)34-18-11-10-17(12-19(18)35-22(29)32-9-2)13-24(20(26)27,25-15(5)6)36-23(30)33-16(7)14(3)4/h10-12,14-16,25H,8-9,13H2,1-7H3,(H,26,27)/t16?,24-/m0/s1. The second-order valence-electron chi connectivity index (χ2n) is 8.38. The average molecular weight is 514 g/mol. The molecule has 1 aromatic rings. The molecule has 0 spiro atoms. The lowest BCUT2D eigenvalue weighted by atomic mass is 10.0. The average Bonchev–Trinajstić information content (AvgIpc) is 2.75. The van der Waals surface area contributed by atoms with Gasteiger partial charge in [-0.05, 0) is 58.2 Å². The second kappa shape index (κ2) is 14.1. The first-order chi connectivity index (χ1) is 16.8. The molecular weight excluding hydrogens is 478 g/mol. The largest absolute Gasteiger partial charge is 0.513 e. The molecule has 12 nitrogen and oxygen atoms in total. The summed E-state index contributed by atoms with van der Waals surface area (Å²) in [6.45, 7) is 11.9. The van der Waals surface area contributed by atoms with Crippen molar-refractivity contribution in [1.29, 1.82) is 0 Å². The number of ether oxygens (including phenoxy) is 6. The Balaban J connectivity index is 3.38. The quantitative estimate of drug-likeness (QED) is 0.177. The summed E-state index contributed by atoms with van der Waals surface area (Å²) in [7, 11) is 0. The molecule has 0 aliphatic heterocycles. The summed E-state index contributed by atoms with van der Waals surface area (Å²) in [6.07, 6.45) is -4.20. The van der Waals surface area contributed by atoms with Crippen molar-refractivity contribution in [3.8, 4) is 11.5 Å². The fourth-order valence-electron chi connectivity index (χ4n) is 2.81. The van der Waals surface area contributed by atoms with E-state index in [1.807, 2.05) is 13.8 Å². The molecule has 12 heteroatoms. The van der Waals surface area contributed by atoms with E-state index in [9.17, 15) is 24.3 Å². The summed E-state index contributed by atoms with van der Waals surface area (Å²) < 4.78 is 30.2. The number of carbonyl (C=O) groups is 4. The van der Waals surface area contributed by atoms with Gasteiger partial charge in [0.15, 0.2) is 11.5 Å². The highest BCUT2D eigenvalue weighted by atomic mass is 16.8. The van der Waals surface area contributed by atoms with Gasteiger partial charge in [0.25, 0.3) is 5.72 Å². The van der Waals surface area contributed by atoms with Gasteiger partial charge in [0, 0.05) is 12.5 Å². The molecule has 0 amide bonds. The summed E-state index contributed by atoms with van der Waals surface area (Å²) >= 11 is 0. The van der Waals surface area contributed by atoms with Crippen LogP contribution in [0.3, 0.4) is 0 Å². The van der Waals surface area contributed by atoms with Gasteiger partial charge in [-0.3, -0.25) is 5.32 Å². The summed E-state index contributed by atoms with van der Waals surface area (Å²) in [4.78, 5) is 48.5. The third-order valence-corrected chi connectivity index (χ3v) is 4.72. The van der Waals surface area contributed by atoms with Gasteiger partial charge in [0.2, 0.25) is 0 Å². The van der Waals surface area contributed by atoms with Gasteiger partial charge in [0.05, 0.1) is 13.2 Å². The number of benzene rings is 1. The van der Waals surface area contributed by atoms with E-state index in [1.165, 1.54) is 18.2 Å². The van der Waals surface area contributed by atoms with Gasteiger partial charge in [-0.1, -0.05) is 19.9 Å². The molecule has 0 aromatic heterocycles. The van der Waals surface area contributed by atoms with Gasteiger partial charge < -0.3 is 33.5 Å². The molecule has 1 aromatic carbocycles. The number of carbonyl (C=O) groups excluding carboxylic acids is 3. The maximum atomic E-state index is 12.5. The minimum atomic E-state index is -2.23. The summed E-state index contributed by atoms with van der Waals surface area (Å²) in [5.41, 5.74) is -1.97. The highest BCUT2D eigenvalue weighted by Gasteiger charge is 2.44. The van der Waals surface area contributed by atoms with Crippen LogP contribution in [0.4, 0.5) is 14.4 Å². The number of carboxylic acid groups (broad SMARTS) is 1. The Kier molecular flexibility index (Phi) is 12.0. The first-order valence-electron chi connectivity index (χ1n) is 11.6. The maximum Gasteiger partial charge on any atom is 0.513 e. The lowest BCUT2D eigenvalue weighted by Crippen LogP contribution is -2.59. The van der Waals surface area contributed by atoms with Crippen LogP contribution in [0.1, 0.15) is 54.0 Å². The van der Waals surface area contributed by atoms with Gasteiger partial charge in [-0.2, -0.15) is 0 Å². The number of nitrogens with one attached hydrogen (secondary N) is 1. The van der Waals surface area contributed by atoms with Crippen molar-refractivity contribution < 1.29 is 52.7 Å². The van der Waals surface area contributed by atoms with Crippen LogP contribution >= 0.6 is 0 Å². The first kappa shape index (κ1) is 30.5. The Morgan fingerprint density at radius 3 is 1.92 bits per heavy atom. The van der Waals surface area contributed by atoms with E-state index >= 15 is 0 Å². The van der Waals surface area contributed by atoms with E-state index in [4.69, 9.17) is 28.4 Å². The molecule has 1 rings (SSSR count). The second-order valence-corrected chi connectivity index (χ2v) is 8.38. The first-order valence-corrected chi connectivity index (χ1v) is 11.6. The van der Waals surface area contributed by atoms with Crippen molar-refractivity contribution in [3.63, 3.8) is 0 Å². The molecule has 0 fully saturated rings. The van der Waals surface area contributed by atoms with E-state index in [1.54, 1.807) is 34.6 Å². The molecular formula is C24H35NO11. The zero-order chi connectivity index (χ0) is 27.5. The Morgan fingerprint density at radius 1 is 0.889 bits per heavy atom. The van der Waals surface area contributed by atoms with Crippen molar-refractivity contribution in [1.82, 2.24) is 5.32 Å². The van der Waals surface area contributed by atoms with Gasteiger partial charge in [-0.25, -0.2) is 19.2 Å². The molecule has 202 valence electrons. The Labute approximate surface area is 210 Å². The summed E-state index contributed by atoms with van der Waals surface area (Å²) in [6, 6.07) is 3.54. The molecule has 0 heterocycles. The van der Waals surface area contributed by atoms with Crippen molar-refractivity contribution in [2.45, 2.75) is 72.8 Å². The van der Waals surface area contributed by atoms with Crippen molar-refractivity contribution >= 4 is 24.4 Å². The number of hydrogen-bond donors (Lipinski definition) is 2. The van der Waals surface area contributed by atoms with Crippen LogP contribution in [0.15, 0.2) is 18.2 Å². The van der Waals surface area contributed by atoms with Gasteiger partial charge >= 0.3 is 24.4 Å². The van der Waals surface area contributed by atoms with Crippen LogP contribution in [0.25, 0.3) is 0 Å². The molecule has 0 bridgehead atoms. The predicted octanol–water partition coefficient (Wildman–Crippen LogP) is 4.28. The monoisotopic (exact) mass is 513 g/mol. The zero-order valence-corrected chi connectivity index (χ0v) is 21.6. The molecule has 0 saturated carbocycles. The van der Waals surface area contributed by atoms with Gasteiger partial charge in [0.1, 0.15) is 6.10 Å². The van der Waals surface area contributed by atoms with Crippen molar-refractivity contribution in [3.05, 3.63) is 23.8 Å². The molecule has 2 N–H and O–H groups in total. The number of carboxylic acids is 1. The molecule has 0 aliphatic rings. The Hall–Kier alpha value is -3.54. The third kappa shape index (κ3) is 9.61. The Morgan fingerprint density at radius 2 is 1.44 bits per heavy atom. The fraction of sp³-hybridized carbons (Fsp3) is 0.583. The molecule has 36 heavy (non-hydrogen) atoms. The molecule has 0 saturated heterocycles. The lowest BCUT2D eigenvalue weighted by Gasteiger charge is -2.32. The third-order valence-electron chi connectivity index (χ3n) is 4.72. The lowest BCUT2D eigenvalue weighted by molar-refractivity contribution is -0.168. The number of aliphatic carboxylic acids is 1. The van der Waals surface area contributed by atoms with E-state index in [0.29, 0.717) is 0 Å². The van der Waals surface area contributed by atoms with E-state index in [2.05, 4.69) is 5.32 Å². The van der Waals surface area contributed by atoms with Crippen LogP contribution in [0.5, 0.6) is 11.5 Å². The van der Waals surface area contributed by atoms with Crippen LogP contribution < -0.4 is 14.8 Å².